The van der Waals surface area contributed by atoms with Crippen LogP contribution >= 0.6 is 0 Å². The molecule has 3 rings (SSSR count). The molecule has 0 aromatic carbocycles. The number of piperazine rings is 1. The van der Waals surface area contributed by atoms with Crippen LogP contribution in [0, 0.1) is 11.3 Å². The van der Waals surface area contributed by atoms with E-state index in [1.165, 1.54) is 25.8 Å². The summed E-state index contributed by atoms with van der Waals surface area (Å²) in [7, 11) is 0. The summed E-state index contributed by atoms with van der Waals surface area (Å²) in [6, 6.07) is 3.12. The molecule has 2 unspecified atom stereocenters. The van der Waals surface area contributed by atoms with E-state index < -0.39 is 0 Å². The SMILES string of the molecule is CC1CN2CCCCC2CN1c1cnc(C#N)cn1. The lowest BCUT2D eigenvalue weighted by Gasteiger charge is -2.47. The zero-order valence-corrected chi connectivity index (χ0v) is 11.3. The van der Waals surface area contributed by atoms with Crippen molar-refractivity contribution in [2.75, 3.05) is 24.5 Å². The Bertz CT molecular complexity index is 478. The van der Waals surface area contributed by atoms with Crippen LogP contribution in [0.4, 0.5) is 5.82 Å². The first kappa shape index (κ1) is 12.4. The zero-order valence-electron chi connectivity index (χ0n) is 11.3. The minimum atomic E-state index is 0.382. The quantitative estimate of drug-likeness (QED) is 0.761. The second kappa shape index (κ2) is 5.14. The molecule has 0 spiro atoms. The number of hydrogen-bond donors (Lipinski definition) is 0. The van der Waals surface area contributed by atoms with Crippen LogP contribution < -0.4 is 4.90 Å². The lowest BCUT2D eigenvalue weighted by Crippen LogP contribution is -2.59. The van der Waals surface area contributed by atoms with Gasteiger partial charge < -0.3 is 4.90 Å². The lowest BCUT2D eigenvalue weighted by atomic mass is 9.97. The molecule has 2 saturated heterocycles. The summed E-state index contributed by atoms with van der Waals surface area (Å²) < 4.78 is 0. The highest BCUT2D eigenvalue weighted by Crippen LogP contribution is 2.26. The molecule has 0 N–H and O–H groups in total. The van der Waals surface area contributed by atoms with Crippen molar-refractivity contribution in [3.63, 3.8) is 0 Å². The van der Waals surface area contributed by atoms with Gasteiger partial charge in [0.1, 0.15) is 11.9 Å². The van der Waals surface area contributed by atoms with Crippen molar-refractivity contribution in [1.82, 2.24) is 14.9 Å². The van der Waals surface area contributed by atoms with Crippen LogP contribution in [-0.2, 0) is 0 Å². The molecule has 1 aromatic rings. The molecule has 0 bridgehead atoms. The fourth-order valence-electron chi connectivity index (χ4n) is 3.20. The molecule has 3 heterocycles. The molecule has 100 valence electrons. The molecule has 2 atom stereocenters. The predicted molar refractivity (Wildman–Crippen MR) is 72.8 cm³/mol. The average molecular weight is 257 g/mol. The molecule has 2 aliphatic rings. The molecular weight excluding hydrogens is 238 g/mol. The fraction of sp³-hybridized carbons (Fsp3) is 0.643. The zero-order chi connectivity index (χ0) is 13.2. The number of nitrogens with zero attached hydrogens (tertiary/aromatic N) is 5. The van der Waals surface area contributed by atoms with E-state index in [-0.39, 0.29) is 0 Å². The molecule has 5 heteroatoms. The highest BCUT2D eigenvalue weighted by atomic mass is 15.3. The minimum absolute atomic E-state index is 0.382. The summed E-state index contributed by atoms with van der Waals surface area (Å²) in [6.45, 7) is 5.61. The third-order valence-electron chi connectivity index (χ3n) is 4.23. The van der Waals surface area contributed by atoms with E-state index in [0.717, 1.165) is 18.9 Å². The molecule has 5 nitrogen and oxygen atoms in total. The number of anilines is 1. The lowest BCUT2D eigenvalue weighted by molar-refractivity contribution is 0.115. The molecule has 2 fully saturated rings. The van der Waals surface area contributed by atoms with Gasteiger partial charge in [-0.25, -0.2) is 9.97 Å². The fourth-order valence-corrected chi connectivity index (χ4v) is 3.20. The van der Waals surface area contributed by atoms with E-state index in [1.807, 2.05) is 6.07 Å². The van der Waals surface area contributed by atoms with Gasteiger partial charge in [-0.05, 0) is 26.3 Å². The average Bonchev–Trinajstić information content (AvgIpc) is 2.47. The van der Waals surface area contributed by atoms with E-state index in [4.69, 9.17) is 5.26 Å². The van der Waals surface area contributed by atoms with Crippen molar-refractivity contribution >= 4 is 5.82 Å². The van der Waals surface area contributed by atoms with E-state index in [9.17, 15) is 0 Å². The van der Waals surface area contributed by atoms with E-state index in [0.29, 0.717) is 17.8 Å². The normalized spacial score (nSPS) is 27.7. The highest BCUT2D eigenvalue weighted by Gasteiger charge is 2.33. The minimum Gasteiger partial charge on any atom is -0.350 e. The molecule has 19 heavy (non-hydrogen) atoms. The predicted octanol–water partition coefficient (Wildman–Crippen LogP) is 1.41. The van der Waals surface area contributed by atoms with Gasteiger partial charge in [-0.3, -0.25) is 4.90 Å². The smallest absolute Gasteiger partial charge is 0.158 e. The maximum absolute atomic E-state index is 8.77. The van der Waals surface area contributed by atoms with E-state index in [1.54, 1.807) is 12.4 Å². The molecule has 0 saturated carbocycles. The number of nitriles is 1. The highest BCUT2D eigenvalue weighted by molar-refractivity contribution is 5.39. The first-order chi connectivity index (χ1) is 9.28. The van der Waals surface area contributed by atoms with Gasteiger partial charge in [-0.15, -0.1) is 0 Å². The summed E-state index contributed by atoms with van der Waals surface area (Å²) in [6.07, 6.45) is 7.25. The summed E-state index contributed by atoms with van der Waals surface area (Å²) in [5.74, 6) is 0.900. The molecule has 0 aliphatic carbocycles. The molecule has 2 aliphatic heterocycles. The van der Waals surface area contributed by atoms with E-state index >= 15 is 0 Å². The van der Waals surface area contributed by atoms with Crippen molar-refractivity contribution in [3.8, 4) is 6.07 Å². The Balaban J connectivity index is 1.78. The van der Waals surface area contributed by atoms with Crippen molar-refractivity contribution in [2.45, 2.75) is 38.3 Å². The molecule has 0 amide bonds. The molecule has 0 radical (unpaired) electrons. The van der Waals surface area contributed by atoms with Crippen molar-refractivity contribution in [2.24, 2.45) is 0 Å². The number of piperidine rings is 1. The van der Waals surface area contributed by atoms with Gasteiger partial charge in [-0.1, -0.05) is 6.42 Å². The Labute approximate surface area is 113 Å². The van der Waals surface area contributed by atoms with Crippen molar-refractivity contribution in [3.05, 3.63) is 18.1 Å². The number of fused-ring (bicyclic) bond motifs is 1. The summed E-state index contributed by atoms with van der Waals surface area (Å²) in [5, 5.41) is 8.77. The third-order valence-corrected chi connectivity index (χ3v) is 4.23. The van der Waals surface area contributed by atoms with E-state index in [2.05, 4.69) is 26.7 Å². The Morgan fingerprint density at radius 2 is 2.16 bits per heavy atom. The second-order valence-electron chi connectivity index (χ2n) is 5.52. The Morgan fingerprint density at radius 3 is 2.89 bits per heavy atom. The standard InChI is InChI=1S/C14H19N5/c1-11-9-18-5-3-2-4-13(18)10-19(11)14-8-16-12(6-15)7-17-14/h7-8,11,13H,2-5,9-10H2,1H3. The van der Waals surface area contributed by atoms with Gasteiger partial charge in [0.05, 0.1) is 12.4 Å². The first-order valence-corrected chi connectivity index (χ1v) is 7.01. The van der Waals surface area contributed by atoms with Crippen LogP contribution in [0.1, 0.15) is 31.9 Å². The van der Waals surface area contributed by atoms with Gasteiger partial charge in [0.15, 0.2) is 5.69 Å². The number of aromatic nitrogens is 2. The van der Waals surface area contributed by atoms with Gasteiger partial charge in [0, 0.05) is 25.2 Å². The van der Waals surface area contributed by atoms with Crippen LogP contribution in [0.5, 0.6) is 0 Å². The maximum Gasteiger partial charge on any atom is 0.158 e. The van der Waals surface area contributed by atoms with Gasteiger partial charge in [-0.2, -0.15) is 5.26 Å². The van der Waals surface area contributed by atoms with Crippen LogP contribution in [0.3, 0.4) is 0 Å². The van der Waals surface area contributed by atoms with Gasteiger partial charge >= 0.3 is 0 Å². The Hall–Kier alpha value is -1.67. The number of rotatable bonds is 1. The molecular formula is C14H19N5. The Kier molecular flexibility index (Phi) is 3.34. The summed E-state index contributed by atoms with van der Waals surface area (Å²) in [4.78, 5) is 13.5. The Morgan fingerprint density at radius 1 is 1.26 bits per heavy atom. The first-order valence-electron chi connectivity index (χ1n) is 7.01. The summed E-state index contributed by atoms with van der Waals surface area (Å²) in [5.41, 5.74) is 0.382. The van der Waals surface area contributed by atoms with Gasteiger partial charge in [0.25, 0.3) is 0 Å². The van der Waals surface area contributed by atoms with Crippen LogP contribution in [0.2, 0.25) is 0 Å². The van der Waals surface area contributed by atoms with Crippen LogP contribution in [0.25, 0.3) is 0 Å². The summed E-state index contributed by atoms with van der Waals surface area (Å²) >= 11 is 0. The number of hydrogen-bond acceptors (Lipinski definition) is 5. The van der Waals surface area contributed by atoms with Crippen LogP contribution in [0.15, 0.2) is 12.4 Å². The monoisotopic (exact) mass is 257 g/mol. The molecule has 1 aromatic heterocycles. The second-order valence-corrected chi connectivity index (χ2v) is 5.52. The van der Waals surface area contributed by atoms with Crippen LogP contribution in [-0.4, -0.2) is 46.6 Å². The topological polar surface area (TPSA) is 56.0 Å². The van der Waals surface area contributed by atoms with Crippen molar-refractivity contribution in [1.29, 1.82) is 5.26 Å². The van der Waals surface area contributed by atoms with Crippen molar-refractivity contribution < 1.29 is 0 Å². The largest absolute Gasteiger partial charge is 0.350 e. The third kappa shape index (κ3) is 2.41. The maximum atomic E-state index is 8.77. The van der Waals surface area contributed by atoms with Gasteiger partial charge in [0.2, 0.25) is 0 Å².